The zero-order valence-corrected chi connectivity index (χ0v) is 9.15. The van der Waals surface area contributed by atoms with Crippen molar-refractivity contribution in [1.82, 2.24) is 15.1 Å². The van der Waals surface area contributed by atoms with Gasteiger partial charge in [0.2, 0.25) is 0 Å². The van der Waals surface area contributed by atoms with Crippen LogP contribution in [-0.2, 0) is 0 Å². The van der Waals surface area contributed by atoms with E-state index < -0.39 is 0 Å². The van der Waals surface area contributed by atoms with E-state index in [0.717, 1.165) is 25.9 Å². The monoisotopic (exact) mass is 213 g/mol. The minimum atomic E-state index is -0.323. The summed E-state index contributed by atoms with van der Waals surface area (Å²) < 4.78 is 0. The van der Waals surface area contributed by atoms with Crippen molar-refractivity contribution in [3.05, 3.63) is 0 Å². The number of carbonyl (C=O) groups is 1. The molecular formula is C10H19N3O2. The summed E-state index contributed by atoms with van der Waals surface area (Å²) in [5.41, 5.74) is 0. The maximum atomic E-state index is 12.0. The Hall–Kier alpha value is -0.810. The Bertz CT molecular complexity index is 247. The molecule has 0 bridgehead atoms. The number of nitrogens with one attached hydrogen (secondary N) is 1. The van der Waals surface area contributed by atoms with Crippen molar-refractivity contribution < 1.29 is 9.90 Å². The van der Waals surface area contributed by atoms with E-state index in [1.54, 1.807) is 4.90 Å². The van der Waals surface area contributed by atoms with E-state index in [4.69, 9.17) is 0 Å². The smallest absolute Gasteiger partial charge is 0.320 e. The van der Waals surface area contributed by atoms with Crippen LogP contribution >= 0.6 is 0 Å². The lowest BCUT2D eigenvalue weighted by Gasteiger charge is -2.24. The van der Waals surface area contributed by atoms with Gasteiger partial charge in [0.15, 0.2) is 0 Å². The maximum absolute atomic E-state index is 12.0. The highest BCUT2D eigenvalue weighted by Crippen LogP contribution is 2.15. The molecule has 5 heteroatoms. The molecule has 0 aliphatic carbocycles. The standard InChI is InChI=1S/C10H19N3O2/c1-11-8-2-4-12(6-8)10(15)13-5-3-9(14)7-13/h8-9,11,14H,2-7H2,1H3. The molecule has 0 aromatic carbocycles. The van der Waals surface area contributed by atoms with Crippen LogP contribution in [-0.4, -0.2) is 66.3 Å². The molecule has 15 heavy (non-hydrogen) atoms. The quantitative estimate of drug-likeness (QED) is 0.615. The Morgan fingerprint density at radius 3 is 2.47 bits per heavy atom. The minimum absolute atomic E-state index is 0.0873. The summed E-state index contributed by atoms with van der Waals surface area (Å²) in [6.45, 7) is 2.82. The lowest BCUT2D eigenvalue weighted by Crippen LogP contribution is -2.42. The van der Waals surface area contributed by atoms with E-state index in [9.17, 15) is 9.90 Å². The summed E-state index contributed by atoms with van der Waals surface area (Å²) in [4.78, 5) is 15.6. The third-order valence-corrected chi connectivity index (χ3v) is 3.30. The summed E-state index contributed by atoms with van der Waals surface area (Å²) in [6.07, 6.45) is 1.42. The van der Waals surface area contributed by atoms with Crippen LogP contribution in [0.5, 0.6) is 0 Å². The molecule has 0 aromatic rings. The van der Waals surface area contributed by atoms with Gasteiger partial charge >= 0.3 is 6.03 Å². The summed E-state index contributed by atoms with van der Waals surface area (Å²) in [5.74, 6) is 0. The molecule has 2 fully saturated rings. The Kier molecular flexibility index (Phi) is 3.11. The first-order chi connectivity index (χ1) is 7.20. The molecule has 2 saturated heterocycles. The first-order valence-corrected chi connectivity index (χ1v) is 5.60. The second-order valence-corrected chi connectivity index (χ2v) is 4.39. The van der Waals surface area contributed by atoms with E-state index in [1.807, 2.05) is 11.9 Å². The average molecular weight is 213 g/mol. The third kappa shape index (κ3) is 2.23. The lowest BCUT2D eigenvalue weighted by atomic mass is 10.3. The van der Waals surface area contributed by atoms with Crippen molar-refractivity contribution in [3.63, 3.8) is 0 Å². The van der Waals surface area contributed by atoms with E-state index in [1.165, 1.54) is 0 Å². The third-order valence-electron chi connectivity index (χ3n) is 3.30. The number of amides is 2. The number of hydrogen-bond donors (Lipinski definition) is 2. The number of β-amino-alcohol motifs (C(OH)–C–C–N with tert-alkyl or cyclic N) is 1. The van der Waals surface area contributed by atoms with E-state index in [0.29, 0.717) is 19.1 Å². The van der Waals surface area contributed by atoms with Crippen LogP contribution in [0.25, 0.3) is 0 Å². The normalized spacial score (nSPS) is 31.3. The molecule has 5 nitrogen and oxygen atoms in total. The fourth-order valence-electron chi connectivity index (χ4n) is 2.29. The molecule has 86 valence electrons. The van der Waals surface area contributed by atoms with Gasteiger partial charge in [0.25, 0.3) is 0 Å². The Morgan fingerprint density at radius 1 is 1.27 bits per heavy atom. The van der Waals surface area contributed by atoms with Gasteiger partial charge in [-0.3, -0.25) is 0 Å². The maximum Gasteiger partial charge on any atom is 0.320 e. The summed E-state index contributed by atoms with van der Waals surface area (Å²) in [7, 11) is 1.93. The summed E-state index contributed by atoms with van der Waals surface area (Å²) in [6, 6.07) is 0.519. The lowest BCUT2D eigenvalue weighted by molar-refractivity contribution is 0.152. The van der Waals surface area contributed by atoms with Crippen LogP contribution in [0, 0.1) is 0 Å². The first-order valence-electron chi connectivity index (χ1n) is 5.60. The van der Waals surface area contributed by atoms with Crippen LogP contribution in [0.4, 0.5) is 4.79 Å². The van der Waals surface area contributed by atoms with Gasteiger partial charge in [-0.25, -0.2) is 4.79 Å². The van der Waals surface area contributed by atoms with E-state index in [2.05, 4.69) is 5.32 Å². The van der Waals surface area contributed by atoms with Crippen LogP contribution in [0.2, 0.25) is 0 Å². The topological polar surface area (TPSA) is 55.8 Å². The van der Waals surface area contributed by atoms with E-state index in [-0.39, 0.29) is 12.1 Å². The first kappa shape index (κ1) is 10.7. The molecule has 2 rings (SSSR count). The molecule has 0 radical (unpaired) electrons. The summed E-state index contributed by atoms with van der Waals surface area (Å²) in [5, 5.41) is 12.6. The Morgan fingerprint density at radius 2 is 1.93 bits per heavy atom. The van der Waals surface area contributed by atoms with Gasteiger partial charge in [-0.15, -0.1) is 0 Å². The number of carbonyl (C=O) groups excluding carboxylic acids is 1. The second-order valence-electron chi connectivity index (χ2n) is 4.39. The van der Waals surface area contributed by atoms with Crippen molar-refractivity contribution in [3.8, 4) is 0 Å². The molecule has 2 amide bonds. The SMILES string of the molecule is CNC1CCN(C(=O)N2CCC(O)C2)C1. The minimum Gasteiger partial charge on any atom is -0.391 e. The molecule has 2 heterocycles. The van der Waals surface area contributed by atoms with Crippen molar-refractivity contribution in [2.24, 2.45) is 0 Å². The molecule has 2 aliphatic rings. The van der Waals surface area contributed by atoms with Gasteiger partial charge in [0.1, 0.15) is 0 Å². The van der Waals surface area contributed by atoms with E-state index >= 15 is 0 Å². The van der Waals surface area contributed by atoms with Crippen LogP contribution in [0.3, 0.4) is 0 Å². The number of urea groups is 1. The average Bonchev–Trinajstić information content (AvgIpc) is 2.84. The number of nitrogens with zero attached hydrogens (tertiary/aromatic N) is 2. The number of likely N-dealkylation sites (N-methyl/N-ethyl adjacent to an activating group) is 1. The molecule has 0 aromatic heterocycles. The highest BCUT2D eigenvalue weighted by Gasteiger charge is 2.31. The largest absolute Gasteiger partial charge is 0.391 e. The highest BCUT2D eigenvalue weighted by atomic mass is 16.3. The van der Waals surface area contributed by atoms with Crippen molar-refractivity contribution in [2.45, 2.75) is 25.0 Å². The zero-order valence-electron chi connectivity index (χ0n) is 9.15. The van der Waals surface area contributed by atoms with Crippen molar-refractivity contribution >= 4 is 6.03 Å². The van der Waals surface area contributed by atoms with Gasteiger partial charge in [0, 0.05) is 32.2 Å². The number of hydrogen-bond acceptors (Lipinski definition) is 3. The number of likely N-dealkylation sites (tertiary alicyclic amines) is 2. The van der Waals surface area contributed by atoms with Gasteiger partial charge < -0.3 is 20.2 Å². The van der Waals surface area contributed by atoms with Crippen LogP contribution < -0.4 is 5.32 Å². The predicted molar refractivity (Wildman–Crippen MR) is 56.6 cm³/mol. The summed E-state index contributed by atoms with van der Waals surface area (Å²) >= 11 is 0. The molecule has 2 aliphatic heterocycles. The number of rotatable bonds is 1. The molecule has 0 spiro atoms. The van der Waals surface area contributed by atoms with Gasteiger partial charge in [0.05, 0.1) is 6.10 Å². The Balaban J connectivity index is 1.86. The zero-order chi connectivity index (χ0) is 10.8. The van der Waals surface area contributed by atoms with Crippen LogP contribution in [0.15, 0.2) is 0 Å². The second kappa shape index (κ2) is 4.37. The molecule has 2 unspecified atom stereocenters. The van der Waals surface area contributed by atoms with Gasteiger partial charge in [-0.1, -0.05) is 0 Å². The highest BCUT2D eigenvalue weighted by molar-refractivity contribution is 5.75. The van der Waals surface area contributed by atoms with Gasteiger partial charge in [-0.05, 0) is 19.9 Å². The van der Waals surface area contributed by atoms with Crippen molar-refractivity contribution in [2.75, 3.05) is 33.2 Å². The number of aliphatic hydroxyl groups is 1. The van der Waals surface area contributed by atoms with Crippen molar-refractivity contribution in [1.29, 1.82) is 0 Å². The predicted octanol–water partition coefficient (Wildman–Crippen LogP) is -0.533. The van der Waals surface area contributed by atoms with Crippen LogP contribution in [0.1, 0.15) is 12.8 Å². The van der Waals surface area contributed by atoms with Gasteiger partial charge in [-0.2, -0.15) is 0 Å². The molecule has 0 saturated carbocycles. The molecule has 2 N–H and O–H groups in total. The Labute approximate surface area is 90.0 Å². The molecular weight excluding hydrogens is 194 g/mol. The molecule has 2 atom stereocenters. The fraction of sp³-hybridized carbons (Fsp3) is 0.900. The fourth-order valence-corrected chi connectivity index (χ4v) is 2.29. The number of aliphatic hydroxyl groups excluding tert-OH is 1.